The maximum Gasteiger partial charge on any atom is 0.241 e. The fraction of sp³-hybridized carbons (Fsp3) is 0.632. The van der Waals surface area contributed by atoms with Crippen LogP contribution in [-0.4, -0.2) is 63.5 Å². The molecule has 1 N–H and O–H groups in total. The second-order valence-electron chi connectivity index (χ2n) is 5.57. The summed E-state index contributed by atoms with van der Waals surface area (Å²) < 4.78 is 16.1. The summed E-state index contributed by atoms with van der Waals surface area (Å²) in [7, 11) is 1.62. The van der Waals surface area contributed by atoms with Gasteiger partial charge in [0, 0.05) is 32.0 Å². The minimum Gasteiger partial charge on any atom is -0.497 e. The van der Waals surface area contributed by atoms with Crippen LogP contribution in [0.25, 0.3) is 0 Å². The lowest BCUT2D eigenvalue weighted by Crippen LogP contribution is -2.46. The molecule has 142 valence electrons. The average Bonchev–Trinajstić information content (AvgIpc) is 2.63. The summed E-state index contributed by atoms with van der Waals surface area (Å²) in [6.45, 7) is 9.93. The van der Waals surface area contributed by atoms with Gasteiger partial charge >= 0.3 is 0 Å². The molecule has 1 amide bonds. The molecule has 0 fully saturated rings. The van der Waals surface area contributed by atoms with Crippen LogP contribution in [0.3, 0.4) is 0 Å². The zero-order valence-corrected chi connectivity index (χ0v) is 15.9. The Labute approximate surface area is 151 Å². The fourth-order valence-electron chi connectivity index (χ4n) is 2.59. The van der Waals surface area contributed by atoms with E-state index in [1.54, 1.807) is 7.11 Å². The van der Waals surface area contributed by atoms with Gasteiger partial charge in [-0.1, -0.05) is 6.92 Å². The molecule has 25 heavy (non-hydrogen) atoms. The summed E-state index contributed by atoms with van der Waals surface area (Å²) in [5.41, 5.74) is 0.763. The van der Waals surface area contributed by atoms with Gasteiger partial charge in [0.1, 0.15) is 5.75 Å². The van der Waals surface area contributed by atoms with Crippen LogP contribution in [0.5, 0.6) is 5.75 Å². The summed E-state index contributed by atoms with van der Waals surface area (Å²) in [6, 6.07) is 7.13. The van der Waals surface area contributed by atoms with Crippen molar-refractivity contribution in [1.29, 1.82) is 0 Å². The second kappa shape index (κ2) is 12.7. The highest BCUT2D eigenvalue weighted by Gasteiger charge is 2.24. The van der Waals surface area contributed by atoms with Crippen molar-refractivity contribution < 1.29 is 19.0 Å². The van der Waals surface area contributed by atoms with Crippen LogP contribution in [0.2, 0.25) is 0 Å². The molecule has 0 spiro atoms. The molecule has 1 atom stereocenters. The van der Waals surface area contributed by atoms with Gasteiger partial charge in [-0.3, -0.25) is 9.69 Å². The Balaban J connectivity index is 2.70. The smallest absolute Gasteiger partial charge is 0.241 e. The van der Waals surface area contributed by atoms with E-state index in [1.807, 2.05) is 45.0 Å². The molecule has 1 rings (SSSR count). The molecular formula is C19H32N2O4. The number of amides is 1. The number of benzene rings is 1. The van der Waals surface area contributed by atoms with E-state index in [1.165, 1.54) is 0 Å². The summed E-state index contributed by atoms with van der Waals surface area (Å²) in [5, 5.41) is 2.99. The molecule has 0 bridgehead atoms. The molecular weight excluding hydrogens is 320 g/mol. The topological polar surface area (TPSA) is 60.0 Å². The summed E-state index contributed by atoms with van der Waals surface area (Å²) in [5.74, 6) is 0.751. The van der Waals surface area contributed by atoms with Crippen LogP contribution >= 0.6 is 0 Å². The van der Waals surface area contributed by atoms with Crippen LogP contribution in [0.1, 0.15) is 27.2 Å². The Morgan fingerprint density at radius 2 is 1.60 bits per heavy atom. The minimum atomic E-state index is -0.219. The standard InChI is InChI=1S/C19H32N2O4/c1-5-18(21(12-14-24-6-2)13-15-25-7-3)19(22)20-16-8-10-17(23-4)11-9-16/h8-11,18H,5-7,12-15H2,1-4H3,(H,20,22). The molecule has 0 saturated heterocycles. The Morgan fingerprint density at radius 3 is 2.04 bits per heavy atom. The highest BCUT2D eigenvalue weighted by molar-refractivity contribution is 5.94. The maximum atomic E-state index is 12.7. The first-order chi connectivity index (χ1) is 12.2. The van der Waals surface area contributed by atoms with Crippen LogP contribution < -0.4 is 10.1 Å². The van der Waals surface area contributed by atoms with Crippen molar-refractivity contribution in [2.75, 3.05) is 51.9 Å². The van der Waals surface area contributed by atoms with Crippen LogP contribution in [0.15, 0.2) is 24.3 Å². The van der Waals surface area contributed by atoms with Gasteiger partial charge in [0.05, 0.1) is 26.4 Å². The zero-order chi connectivity index (χ0) is 18.5. The number of rotatable bonds is 13. The first-order valence-corrected chi connectivity index (χ1v) is 9.00. The molecule has 0 saturated carbocycles. The van der Waals surface area contributed by atoms with E-state index in [-0.39, 0.29) is 11.9 Å². The number of ether oxygens (including phenoxy) is 3. The zero-order valence-electron chi connectivity index (χ0n) is 15.9. The van der Waals surface area contributed by atoms with Crippen LogP contribution in [0.4, 0.5) is 5.69 Å². The Hall–Kier alpha value is -1.63. The molecule has 0 aliphatic carbocycles. The molecule has 0 radical (unpaired) electrons. The highest BCUT2D eigenvalue weighted by atomic mass is 16.5. The van der Waals surface area contributed by atoms with Gasteiger partial charge in [-0.2, -0.15) is 0 Å². The van der Waals surface area contributed by atoms with Crippen molar-refractivity contribution in [2.45, 2.75) is 33.2 Å². The molecule has 6 nitrogen and oxygen atoms in total. The first kappa shape index (κ1) is 21.4. The van der Waals surface area contributed by atoms with Crippen molar-refractivity contribution in [2.24, 2.45) is 0 Å². The van der Waals surface area contributed by atoms with E-state index in [4.69, 9.17) is 14.2 Å². The van der Waals surface area contributed by atoms with Gasteiger partial charge in [-0.05, 0) is 44.5 Å². The number of carbonyl (C=O) groups is 1. The predicted molar refractivity (Wildman–Crippen MR) is 100 cm³/mol. The monoisotopic (exact) mass is 352 g/mol. The molecule has 1 aromatic carbocycles. The molecule has 6 heteroatoms. The largest absolute Gasteiger partial charge is 0.497 e. The van der Waals surface area contributed by atoms with E-state index in [0.717, 1.165) is 17.9 Å². The predicted octanol–water partition coefficient (Wildman–Crippen LogP) is 2.79. The third-order valence-electron chi connectivity index (χ3n) is 3.94. The molecule has 0 heterocycles. The van der Waals surface area contributed by atoms with E-state index in [0.29, 0.717) is 39.5 Å². The van der Waals surface area contributed by atoms with E-state index in [9.17, 15) is 4.79 Å². The second-order valence-corrected chi connectivity index (χ2v) is 5.57. The number of nitrogens with one attached hydrogen (secondary N) is 1. The molecule has 1 unspecified atom stereocenters. The Kier molecular flexibility index (Phi) is 10.9. The number of methoxy groups -OCH3 is 1. The van der Waals surface area contributed by atoms with Crippen LogP contribution in [-0.2, 0) is 14.3 Å². The summed E-state index contributed by atoms with van der Waals surface area (Å²) in [4.78, 5) is 14.9. The summed E-state index contributed by atoms with van der Waals surface area (Å²) in [6.07, 6.45) is 0.722. The van der Waals surface area contributed by atoms with Gasteiger partial charge in [-0.25, -0.2) is 0 Å². The minimum absolute atomic E-state index is 0.0133. The van der Waals surface area contributed by atoms with Crippen LogP contribution in [0, 0.1) is 0 Å². The van der Waals surface area contributed by atoms with Crippen molar-refractivity contribution >= 4 is 11.6 Å². The van der Waals surface area contributed by atoms with E-state index < -0.39 is 0 Å². The lowest BCUT2D eigenvalue weighted by molar-refractivity contribution is -0.122. The number of hydrogen-bond acceptors (Lipinski definition) is 5. The fourth-order valence-corrected chi connectivity index (χ4v) is 2.59. The van der Waals surface area contributed by atoms with E-state index >= 15 is 0 Å². The van der Waals surface area contributed by atoms with Gasteiger partial charge in [0.2, 0.25) is 5.91 Å². The van der Waals surface area contributed by atoms with Crippen molar-refractivity contribution in [3.8, 4) is 5.75 Å². The Morgan fingerprint density at radius 1 is 1.04 bits per heavy atom. The van der Waals surface area contributed by atoms with Crippen molar-refractivity contribution in [3.63, 3.8) is 0 Å². The lowest BCUT2D eigenvalue weighted by Gasteiger charge is -2.30. The molecule has 1 aromatic rings. The lowest BCUT2D eigenvalue weighted by atomic mass is 10.1. The van der Waals surface area contributed by atoms with Crippen molar-refractivity contribution in [1.82, 2.24) is 4.90 Å². The van der Waals surface area contributed by atoms with Gasteiger partial charge in [0.15, 0.2) is 0 Å². The average molecular weight is 352 g/mol. The van der Waals surface area contributed by atoms with Gasteiger partial charge in [0.25, 0.3) is 0 Å². The summed E-state index contributed by atoms with van der Waals surface area (Å²) >= 11 is 0. The Bertz CT molecular complexity index is 469. The highest BCUT2D eigenvalue weighted by Crippen LogP contribution is 2.16. The van der Waals surface area contributed by atoms with Crippen molar-refractivity contribution in [3.05, 3.63) is 24.3 Å². The SMILES string of the molecule is CCOCCN(CCOCC)C(CC)C(=O)Nc1ccc(OC)cc1. The molecule has 0 aliphatic heterocycles. The number of carbonyl (C=O) groups excluding carboxylic acids is 1. The number of nitrogens with zero attached hydrogens (tertiary/aromatic N) is 1. The normalized spacial score (nSPS) is 12.2. The third kappa shape index (κ3) is 7.86. The van der Waals surface area contributed by atoms with Gasteiger partial charge < -0.3 is 19.5 Å². The van der Waals surface area contributed by atoms with Gasteiger partial charge in [-0.15, -0.1) is 0 Å². The molecule has 0 aromatic heterocycles. The molecule has 0 aliphatic rings. The first-order valence-electron chi connectivity index (χ1n) is 9.00. The third-order valence-corrected chi connectivity index (χ3v) is 3.94. The number of hydrogen-bond donors (Lipinski definition) is 1. The quantitative estimate of drug-likeness (QED) is 0.553. The maximum absolute atomic E-state index is 12.7. The number of anilines is 1. The van der Waals surface area contributed by atoms with E-state index in [2.05, 4.69) is 10.2 Å².